The van der Waals surface area contributed by atoms with Gasteiger partial charge in [-0.3, -0.25) is 19.3 Å². The molecule has 188 valence electrons. The molecule has 3 aromatic rings. The van der Waals surface area contributed by atoms with Gasteiger partial charge < -0.3 is 15.7 Å². The second-order valence-electron chi connectivity index (χ2n) is 9.24. The predicted molar refractivity (Wildman–Crippen MR) is 135 cm³/mol. The lowest BCUT2D eigenvalue weighted by atomic mass is 10.00. The lowest BCUT2D eigenvalue weighted by Gasteiger charge is -2.34. The summed E-state index contributed by atoms with van der Waals surface area (Å²) in [7, 11) is 0. The van der Waals surface area contributed by atoms with Gasteiger partial charge in [0.1, 0.15) is 23.4 Å². The van der Waals surface area contributed by atoms with Gasteiger partial charge in [-0.05, 0) is 74.9 Å². The van der Waals surface area contributed by atoms with Crippen molar-refractivity contribution in [3.8, 4) is 5.75 Å². The second-order valence-corrected chi connectivity index (χ2v) is 9.24. The number of aromatic hydroxyl groups is 1. The molecule has 0 aliphatic rings. The fourth-order valence-corrected chi connectivity index (χ4v) is 3.53. The minimum Gasteiger partial charge on any atom is -0.508 e. The minimum atomic E-state index is -1.14. The maximum atomic E-state index is 13.7. The molecule has 8 nitrogen and oxygen atoms in total. The molecule has 36 heavy (non-hydrogen) atoms. The van der Waals surface area contributed by atoms with Crippen LogP contribution in [-0.4, -0.2) is 33.4 Å². The van der Waals surface area contributed by atoms with Crippen LogP contribution in [0.5, 0.6) is 5.75 Å². The van der Waals surface area contributed by atoms with Gasteiger partial charge in [0.2, 0.25) is 17.7 Å². The van der Waals surface area contributed by atoms with Crippen molar-refractivity contribution in [2.45, 2.75) is 45.2 Å². The Morgan fingerprint density at radius 3 is 2.22 bits per heavy atom. The Bertz CT molecular complexity index is 1190. The SMILES string of the molecule is CC(C)(C)NC(=O)[C@@H](c1ccc(O)cc1)N(C(=O)CCC(=O)Nc1ccccn1)c1ccc(F)cc1. The summed E-state index contributed by atoms with van der Waals surface area (Å²) in [6.07, 6.45) is 1.16. The summed E-state index contributed by atoms with van der Waals surface area (Å²) in [5.74, 6) is -1.54. The van der Waals surface area contributed by atoms with Crippen LogP contribution in [-0.2, 0) is 14.4 Å². The number of aromatic nitrogens is 1. The van der Waals surface area contributed by atoms with Gasteiger partial charge in [-0.15, -0.1) is 0 Å². The number of rotatable bonds is 8. The zero-order valence-electron chi connectivity index (χ0n) is 20.4. The summed E-state index contributed by atoms with van der Waals surface area (Å²) < 4.78 is 13.7. The van der Waals surface area contributed by atoms with E-state index in [9.17, 15) is 23.9 Å². The first kappa shape index (κ1) is 26.3. The average Bonchev–Trinajstić information content (AvgIpc) is 2.82. The second kappa shape index (κ2) is 11.4. The number of nitrogens with zero attached hydrogens (tertiary/aromatic N) is 2. The molecule has 2 aromatic carbocycles. The molecule has 9 heteroatoms. The van der Waals surface area contributed by atoms with E-state index >= 15 is 0 Å². The number of nitrogens with one attached hydrogen (secondary N) is 2. The van der Waals surface area contributed by atoms with E-state index < -0.39 is 35.1 Å². The van der Waals surface area contributed by atoms with E-state index in [1.807, 2.05) is 20.8 Å². The van der Waals surface area contributed by atoms with Crippen LogP contribution in [0.2, 0.25) is 0 Å². The fraction of sp³-hybridized carbons (Fsp3) is 0.259. The zero-order chi connectivity index (χ0) is 26.3. The van der Waals surface area contributed by atoms with Crippen molar-refractivity contribution in [2.75, 3.05) is 10.2 Å². The lowest BCUT2D eigenvalue weighted by Crippen LogP contribution is -2.49. The van der Waals surface area contributed by atoms with Gasteiger partial charge in [-0.1, -0.05) is 18.2 Å². The van der Waals surface area contributed by atoms with Gasteiger partial charge in [-0.25, -0.2) is 9.37 Å². The first-order valence-electron chi connectivity index (χ1n) is 11.4. The van der Waals surface area contributed by atoms with Crippen LogP contribution in [0.3, 0.4) is 0 Å². The predicted octanol–water partition coefficient (Wildman–Crippen LogP) is 4.33. The summed E-state index contributed by atoms with van der Waals surface area (Å²) in [5.41, 5.74) is 0.116. The third-order valence-corrected chi connectivity index (χ3v) is 5.09. The molecule has 0 saturated heterocycles. The van der Waals surface area contributed by atoms with E-state index in [4.69, 9.17) is 0 Å². The number of phenols is 1. The maximum Gasteiger partial charge on any atom is 0.248 e. The summed E-state index contributed by atoms with van der Waals surface area (Å²) in [6, 6.07) is 15.0. The number of amides is 3. The normalized spacial score (nSPS) is 11.9. The number of phenolic OH excluding ortho intramolecular Hbond substituents is 1. The Morgan fingerprint density at radius 2 is 1.64 bits per heavy atom. The van der Waals surface area contributed by atoms with Crippen molar-refractivity contribution >= 4 is 29.2 Å². The van der Waals surface area contributed by atoms with Crippen molar-refractivity contribution in [1.29, 1.82) is 0 Å². The van der Waals surface area contributed by atoms with Gasteiger partial charge >= 0.3 is 0 Å². The van der Waals surface area contributed by atoms with E-state index in [-0.39, 0.29) is 24.3 Å². The molecule has 0 aliphatic heterocycles. The van der Waals surface area contributed by atoms with Crippen molar-refractivity contribution in [2.24, 2.45) is 0 Å². The molecule has 0 spiro atoms. The quantitative estimate of drug-likeness (QED) is 0.433. The van der Waals surface area contributed by atoms with Gasteiger partial charge in [0.15, 0.2) is 0 Å². The molecular formula is C27H29FN4O4. The molecule has 0 aliphatic carbocycles. The van der Waals surface area contributed by atoms with E-state index in [2.05, 4.69) is 15.6 Å². The maximum absolute atomic E-state index is 13.7. The number of hydrogen-bond acceptors (Lipinski definition) is 5. The summed E-state index contributed by atoms with van der Waals surface area (Å²) >= 11 is 0. The number of carbonyl (C=O) groups is 3. The van der Waals surface area contributed by atoms with Crippen LogP contribution in [0.25, 0.3) is 0 Å². The van der Waals surface area contributed by atoms with E-state index in [1.54, 1.807) is 30.3 Å². The molecule has 3 amide bonds. The molecular weight excluding hydrogens is 463 g/mol. The molecule has 0 fully saturated rings. The van der Waals surface area contributed by atoms with Crippen LogP contribution < -0.4 is 15.5 Å². The number of anilines is 2. The van der Waals surface area contributed by atoms with Crippen LogP contribution in [0.15, 0.2) is 72.9 Å². The van der Waals surface area contributed by atoms with Gasteiger partial charge in [0.05, 0.1) is 0 Å². The largest absolute Gasteiger partial charge is 0.508 e. The van der Waals surface area contributed by atoms with Crippen LogP contribution >= 0.6 is 0 Å². The topological polar surface area (TPSA) is 112 Å². The van der Waals surface area contributed by atoms with E-state index in [0.717, 1.165) is 0 Å². The third kappa shape index (κ3) is 7.36. The van der Waals surface area contributed by atoms with E-state index in [1.165, 1.54) is 47.5 Å². The first-order valence-corrected chi connectivity index (χ1v) is 11.4. The molecule has 0 unspecified atom stereocenters. The molecule has 0 radical (unpaired) electrons. The Balaban J connectivity index is 1.94. The van der Waals surface area contributed by atoms with Crippen LogP contribution in [0.4, 0.5) is 15.9 Å². The summed E-state index contributed by atoms with van der Waals surface area (Å²) in [5, 5.41) is 15.3. The highest BCUT2D eigenvalue weighted by Crippen LogP contribution is 2.30. The molecule has 1 aromatic heterocycles. The first-order chi connectivity index (χ1) is 17.0. The number of hydrogen-bond donors (Lipinski definition) is 3. The number of halogens is 1. The average molecular weight is 493 g/mol. The molecule has 1 atom stereocenters. The number of carbonyl (C=O) groups excluding carboxylic acids is 3. The van der Waals surface area contributed by atoms with Crippen molar-refractivity contribution < 1.29 is 23.9 Å². The number of benzene rings is 2. The monoisotopic (exact) mass is 492 g/mol. The molecule has 0 saturated carbocycles. The fourth-order valence-electron chi connectivity index (χ4n) is 3.53. The standard InChI is InChI=1S/C27H29FN4O4/c1-27(2,3)31-26(36)25(18-7-13-21(33)14-8-18)32(20-11-9-19(28)10-12-20)24(35)16-15-23(34)30-22-6-4-5-17-29-22/h4-14,17,25,33H,15-16H2,1-3H3,(H,31,36)(H,29,30,34)/t25-/m1/s1. The Kier molecular flexibility index (Phi) is 8.37. The zero-order valence-corrected chi connectivity index (χ0v) is 20.4. The van der Waals surface area contributed by atoms with Crippen molar-refractivity contribution in [3.05, 3.63) is 84.3 Å². The highest BCUT2D eigenvalue weighted by atomic mass is 19.1. The molecule has 1 heterocycles. The van der Waals surface area contributed by atoms with Crippen molar-refractivity contribution in [1.82, 2.24) is 10.3 Å². The Labute approximate surface area is 209 Å². The van der Waals surface area contributed by atoms with Crippen molar-refractivity contribution in [3.63, 3.8) is 0 Å². The van der Waals surface area contributed by atoms with Gasteiger partial charge in [-0.2, -0.15) is 0 Å². The van der Waals surface area contributed by atoms with Gasteiger partial charge in [0.25, 0.3) is 0 Å². The van der Waals surface area contributed by atoms with E-state index in [0.29, 0.717) is 11.4 Å². The Hall–Kier alpha value is -4.27. The Morgan fingerprint density at radius 1 is 0.972 bits per heavy atom. The molecule has 3 rings (SSSR count). The molecule has 0 bridgehead atoms. The van der Waals surface area contributed by atoms with Crippen LogP contribution in [0, 0.1) is 5.82 Å². The number of pyridine rings is 1. The molecule has 3 N–H and O–H groups in total. The highest BCUT2D eigenvalue weighted by molar-refractivity contribution is 6.03. The summed E-state index contributed by atoms with van der Waals surface area (Å²) in [4.78, 5) is 44.7. The smallest absolute Gasteiger partial charge is 0.248 e. The van der Waals surface area contributed by atoms with Gasteiger partial charge in [0, 0.05) is 30.3 Å². The third-order valence-electron chi connectivity index (χ3n) is 5.09. The minimum absolute atomic E-state index is 0.000388. The highest BCUT2D eigenvalue weighted by Gasteiger charge is 2.34. The lowest BCUT2D eigenvalue weighted by molar-refractivity contribution is -0.128. The van der Waals surface area contributed by atoms with Crippen LogP contribution in [0.1, 0.15) is 45.2 Å². The summed E-state index contributed by atoms with van der Waals surface area (Å²) in [6.45, 7) is 5.43.